The van der Waals surface area contributed by atoms with Gasteiger partial charge in [-0.25, -0.2) is 4.99 Å². The molecule has 0 aromatic heterocycles. The molecule has 0 saturated carbocycles. The summed E-state index contributed by atoms with van der Waals surface area (Å²) in [5.74, 6) is 0. The summed E-state index contributed by atoms with van der Waals surface area (Å²) in [5, 5.41) is 3.23. The first-order valence-corrected chi connectivity index (χ1v) is 3.00. The number of thiocarbonyl (C=S) groups is 1. The van der Waals surface area contributed by atoms with Crippen LogP contribution in [-0.4, -0.2) is 37.5 Å². The molecule has 0 atom stereocenters. The van der Waals surface area contributed by atoms with Gasteiger partial charge in [-0.15, -0.1) is 0 Å². The molecule has 0 unspecified atom stereocenters. The first-order valence-electron chi connectivity index (χ1n) is 2.59. The lowest BCUT2D eigenvalue weighted by molar-refractivity contribution is 0.644. The molecule has 4 heteroatoms. The van der Waals surface area contributed by atoms with Gasteiger partial charge >= 0.3 is 0 Å². The number of hydrogen-bond acceptors (Lipinski definition) is 1. The second-order valence-electron chi connectivity index (χ2n) is 1.76. The van der Waals surface area contributed by atoms with Crippen LogP contribution in [0.4, 0.5) is 0 Å². The molecule has 0 heterocycles. The van der Waals surface area contributed by atoms with Gasteiger partial charge in [0.1, 0.15) is 0 Å². The number of aliphatic imine (C=N–C) groups is 1. The van der Waals surface area contributed by atoms with Crippen molar-refractivity contribution >= 4 is 23.7 Å². The van der Waals surface area contributed by atoms with Crippen molar-refractivity contribution in [3.63, 3.8) is 0 Å². The molecule has 60 valence electrons. The molecule has 0 fully saturated rings. The molecule has 0 radical (unpaired) electrons. The SMILES string of the molecule is C.CNC(=S)N=CN(C)C. The van der Waals surface area contributed by atoms with E-state index in [-0.39, 0.29) is 7.43 Å². The van der Waals surface area contributed by atoms with E-state index in [1.165, 1.54) is 0 Å². The predicted molar refractivity (Wildman–Crippen MR) is 50.6 cm³/mol. The summed E-state index contributed by atoms with van der Waals surface area (Å²) in [5.41, 5.74) is 0. The van der Waals surface area contributed by atoms with Crippen LogP contribution in [0.2, 0.25) is 0 Å². The Morgan fingerprint density at radius 3 is 2.40 bits per heavy atom. The van der Waals surface area contributed by atoms with E-state index in [2.05, 4.69) is 10.3 Å². The van der Waals surface area contributed by atoms with Gasteiger partial charge in [0.25, 0.3) is 0 Å². The Labute approximate surface area is 68.1 Å². The van der Waals surface area contributed by atoms with Gasteiger partial charge in [0.05, 0.1) is 6.34 Å². The largest absolute Gasteiger partial charge is 0.369 e. The standard InChI is InChI=1S/C5H11N3S.CH4/c1-6-5(9)7-4-8(2)3;/h4H,1-3H3,(H,6,9);1H4. The molecule has 0 aromatic rings. The molecule has 0 amide bonds. The Bertz CT molecular complexity index is 120. The highest BCUT2D eigenvalue weighted by atomic mass is 32.1. The third kappa shape index (κ3) is 7.36. The molecule has 1 N–H and O–H groups in total. The van der Waals surface area contributed by atoms with Crippen LogP contribution in [0.25, 0.3) is 0 Å². The maximum atomic E-state index is 4.74. The number of rotatable bonds is 1. The van der Waals surface area contributed by atoms with Crippen molar-refractivity contribution in [2.75, 3.05) is 21.1 Å². The molecule has 0 bridgehead atoms. The van der Waals surface area contributed by atoms with Crippen molar-refractivity contribution in [3.8, 4) is 0 Å². The summed E-state index contributed by atoms with van der Waals surface area (Å²) in [6, 6.07) is 0. The third-order valence-corrected chi connectivity index (χ3v) is 0.929. The van der Waals surface area contributed by atoms with Crippen molar-refractivity contribution in [3.05, 3.63) is 0 Å². The Morgan fingerprint density at radius 1 is 1.60 bits per heavy atom. The molecule has 10 heavy (non-hydrogen) atoms. The van der Waals surface area contributed by atoms with E-state index in [1.807, 2.05) is 19.0 Å². The number of hydrogen-bond donors (Lipinski definition) is 1. The first kappa shape index (κ1) is 12.1. The van der Waals surface area contributed by atoms with Gasteiger partial charge in [-0.2, -0.15) is 0 Å². The molecular formula is C6H15N3S. The fraction of sp³-hybridized carbons (Fsp3) is 0.667. The van der Waals surface area contributed by atoms with E-state index in [9.17, 15) is 0 Å². The molecular weight excluding hydrogens is 146 g/mol. The minimum atomic E-state index is 0. The normalized spacial score (nSPS) is 8.70. The van der Waals surface area contributed by atoms with Gasteiger partial charge in [-0.3, -0.25) is 0 Å². The number of nitrogens with one attached hydrogen (secondary N) is 1. The quantitative estimate of drug-likeness (QED) is 0.349. The predicted octanol–water partition coefficient (Wildman–Crippen LogP) is 0.717. The van der Waals surface area contributed by atoms with Gasteiger partial charge in [0.15, 0.2) is 5.11 Å². The average molecular weight is 161 g/mol. The Balaban J connectivity index is 0. The van der Waals surface area contributed by atoms with Crippen LogP contribution in [-0.2, 0) is 0 Å². The Morgan fingerprint density at radius 2 is 2.10 bits per heavy atom. The first-order chi connectivity index (χ1) is 4.16. The van der Waals surface area contributed by atoms with Crippen LogP contribution < -0.4 is 5.32 Å². The number of nitrogens with zero attached hydrogens (tertiary/aromatic N) is 2. The molecule has 0 aromatic carbocycles. The highest BCUT2D eigenvalue weighted by molar-refractivity contribution is 7.80. The van der Waals surface area contributed by atoms with Gasteiger partial charge < -0.3 is 10.2 Å². The molecule has 0 spiro atoms. The lowest BCUT2D eigenvalue weighted by Crippen LogP contribution is -2.16. The van der Waals surface area contributed by atoms with Crippen molar-refractivity contribution in [2.24, 2.45) is 4.99 Å². The summed E-state index contributed by atoms with van der Waals surface area (Å²) >= 11 is 4.74. The van der Waals surface area contributed by atoms with Gasteiger partial charge in [-0.05, 0) is 12.2 Å². The summed E-state index contributed by atoms with van der Waals surface area (Å²) in [7, 11) is 5.53. The zero-order chi connectivity index (χ0) is 7.28. The minimum absolute atomic E-state index is 0. The molecule has 0 aliphatic carbocycles. The summed E-state index contributed by atoms with van der Waals surface area (Å²) < 4.78 is 0. The van der Waals surface area contributed by atoms with Crippen LogP contribution in [0.1, 0.15) is 7.43 Å². The topological polar surface area (TPSA) is 27.6 Å². The van der Waals surface area contributed by atoms with Crippen LogP contribution in [0, 0.1) is 0 Å². The van der Waals surface area contributed by atoms with Crippen molar-refractivity contribution < 1.29 is 0 Å². The fourth-order valence-electron chi connectivity index (χ4n) is 0.232. The van der Waals surface area contributed by atoms with Crippen LogP contribution in [0.15, 0.2) is 4.99 Å². The van der Waals surface area contributed by atoms with E-state index in [4.69, 9.17) is 12.2 Å². The monoisotopic (exact) mass is 161 g/mol. The van der Waals surface area contributed by atoms with Gasteiger partial charge in [0.2, 0.25) is 0 Å². The van der Waals surface area contributed by atoms with Crippen molar-refractivity contribution in [2.45, 2.75) is 7.43 Å². The van der Waals surface area contributed by atoms with Crippen molar-refractivity contribution in [1.29, 1.82) is 0 Å². The van der Waals surface area contributed by atoms with E-state index >= 15 is 0 Å². The van der Waals surface area contributed by atoms with E-state index in [0.29, 0.717) is 5.11 Å². The van der Waals surface area contributed by atoms with E-state index in [0.717, 1.165) is 0 Å². The second-order valence-corrected chi connectivity index (χ2v) is 2.15. The van der Waals surface area contributed by atoms with Gasteiger partial charge in [0, 0.05) is 21.1 Å². The highest BCUT2D eigenvalue weighted by Gasteiger charge is 1.81. The van der Waals surface area contributed by atoms with Gasteiger partial charge in [-0.1, -0.05) is 7.43 Å². The fourth-order valence-corrected chi connectivity index (χ4v) is 0.280. The average Bonchev–Trinajstić information content (AvgIpc) is 1.83. The zero-order valence-corrected chi connectivity index (χ0v) is 6.70. The zero-order valence-electron chi connectivity index (χ0n) is 5.88. The van der Waals surface area contributed by atoms with Crippen LogP contribution in [0.3, 0.4) is 0 Å². The van der Waals surface area contributed by atoms with Crippen molar-refractivity contribution in [1.82, 2.24) is 10.2 Å². The Kier molecular flexibility index (Phi) is 7.82. The second kappa shape index (κ2) is 6.48. The lowest BCUT2D eigenvalue weighted by Gasteiger charge is -2.01. The maximum Gasteiger partial charge on any atom is 0.193 e. The molecule has 0 saturated heterocycles. The highest BCUT2D eigenvalue weighted by Crippen LogP contribution is 1.71. The molecule has 0 rings (SSSR count). The van der Waals surface area contributed by atoms with E-state index < -0.39 is 0 Å². The van der Waals surface area contributed by atoms with Crippen LogP contribution >= 0.6 is 12.2 Å². The third-order valence-electron chi connectivity index (χ3n) is 0.620. The maximum absolute atomic E-state index is 4.74. The minimum Gasteiger partial charge on any atom is -0.369 e. The molecule has 3 nitrogen and oxygen atoms in total. The smallest absolute Gasteiger partial charge is 0.193 e. The summed E-state index contributed by atoms with van der Waals surface area (Å²) in [6.45, 7) is 0. The van der Waals surface area contributed by atoms with E-state index in [1.54, 1.807) is 13.4 Å². The molecule has 0 aliphatic heterocycles. The summed E-state index contributed by atoms with van der Waals surface area (Å²) in [6.07, 6.45) is 1.65. The molecule has 0 aliphatic rings. The Hall–Kier alpha value is -0.640. The summed E-state index contributed by atoms with van der Waals surface area (Å²) in [4.78, 5) is 5.69. The van der Waals surface area contributed by atoms with Crippen LogP contribution in [0.5, 0.6) is 0 Å². The lowest BCUT2D eigenvalue weighted by atomic mass is 10.9.